The van der Waals surface area contributed by atoms with Crippen molar-refractivity contribution in [3.8, 4) is 5.75 Å². The van der Waals surface area contributed by atoms with Crippen LogP contribution in [0.25, 0.3) is 10.9 Å². The van der Waals surface area contributed by atoms with Gasteiger partial charge in [0.2, 0.25) is 11.0 Å². The van der Waals surface area contributed by atoms with E-state index < -0.39 is 0 Å². The van der Waals surface area contributed by atoms with E-state index in [1.165, 1.54) is 16.0 Å². The number of fused-ring (bicyclic) bond motifs is 1. The van der Waals surface area contributed by atoms with Gasteiger partial charge >= 0.3 is 0 Å². The Morgan fingerprint density at radius 3 is 2.70 bits per heavy atom. The number of methoxy groups -OCH3 is 1. The Hall–Kier alpha value is -3.66. The predicted octanol–water partition coefficient (Wildman–Crippen LogP) is 2.27. The van der Waals surface area contributed by atoms with Crippen LogP contribution < -0.4 is 15.6 Å². The maximum Gasteiger partial charge on any atom is 0.277 e. The van der Waals surface area contributed by atoms with Crippen LogP contribution in [0.4, 0.5) is 5.13 Å². The predicted molar refractivity (Wildman–Crippen MR) is 113 cm³/mol. The van der Waals surface area contributed by atoms with Crippen molar-refractivity contribution in [1.29, 1.82) is 0 Å². The minimum Gasteiger partial charge on any atom is -0.497 e. The van der Waals surface area contributed by atoms with Crippen LogP contribution in [0, 0.1) is 0 Å². The van der Waals surface area contributed by atoms with Gasteiger partial charge in [0.15, 0.2) is 0 Å². The van der Waals surface area contributed by atoms with Gasteiger partial charge in [-0.15, -0.1) is 15.3 Å². The summed E-state index contributed by atoms with van der Waals surface area (Å²) in [6.45, 7) is 0.125. The van der Waals surface area contributed by atoms with Crippen LogP contribution in [0.1, 0.15) is 17.0 Å². The molecule has 0 atom stereocenters. The molecule has 0 saturated heterocycles. The molecule has 0 fully saturated rings. The van der Waals surface area contributed by atoms with E-state index in [0.717, 1.165) is 16.3 Å². The van der Waals surface area contributed by atoms with Crippen LogP contribution in [0.5, 0.6) is 5.75 Å². The summed E-state index contributed by atoms with van der Waals surface area (Å²) in [4.78, 5) is 24.7. The molecule has 0 aliphatic rings. The number of hydrogen-bond acceptors (Lipinski definition) is 8. The highest BCUT2D eigenvalue weighted by molar-refractivity contribution is 7.15. The molecular formula is C20H18N6O3S. The number of rotatable bonds is 7. The average molecular weight is 422 g/mol. The maximum atomic E-state index is 12.4. The topological polar surface area (TPSA) is 112 Å². The number of aromatic nitrogens is 5. The van der Waals surface area contributed by atoms with Gasteiger partial charge in [0.1, 0.15) is 16.3 Å². The van der Waals surface area contributed by atoms with Crippen molar-refractivity contribution < 1.29 is 9.53 Å². The van der Waals surface area contributed by atoms with E-state index in [9.17, 15) is 9.59 Å². The summed E-state index contributed by atoms with van der Waals surface area (Å²) in [5, 5.41) is 20.4. The fraction of sp³-hybridized carbons (Fsp3) is 0.200. The third kappa shape index (κ3) is 4.49. The molecule has 0 spiro atoms. The molecule has 1 N–H and O–H groups in total. The first-order valence-corrected chi connectivity index (χ1v) is 10.0. The van der Waals surface area contributed by atoms with Crippen LogP contribution in [0.2, 0.25) is 0 Å². The number of hydrogen-bond donors (Lipinski definition) is 1. The first-order valence-electron chi connectivity index (χ1n) is 9.20. The molecule has 4 rings (SSSR count). The first-order chi connectivity index (χ1) is 14.6. The second-order valence-electron chi connectivity index (χ2n) is 6.46. The van der Waals surface area contributed by atoms with Crippen molar-refractivity contribution in [2.24, 2.45) is 0 Å². The SMILES string of the molecule is COc1ccc(Cc2nnc(NC(=O)CCn3nnc4ccccc4c3=O)s2)cc1. The second-order valence-corrected chi connectivity index (χ2v) is 7.52. The zero-order valence-electron chi connectivity index (χ0n) is 16.1. The lowest BCUT2D eigenvalue weighted by atomic mass is 10.1. The van der Waals surface area contributed by atoms with E-state index >= 15 is 0 Å². The number of nitrogens with zero attached hydrogens (tertiary/aromatic N) is 5. The number of amides is 1. The van der Waals surface area contributed by atoms with E-state index in [1.54, 1.807) is 31.4 Å². The Balaban J connectivity index is 1.34. The summed E-state index contributed by atoms with van der Waals surface area (Å²) in [7, 11) is 1.62. The molecule has 2 aromatic heterocycles. The van der Waals surface area contributed by atoms with Gasteiger partial charge in [-0.25, -0.2) is 4.68 Å². The molecule has 0 bridgehead atoms. The zero-order valence-corrected chi connectivity index (χ0v) is 16.9. The van der Waals surface area contributed by atoms with Gasteiger partial charge in [0.25, 0.3) is 5.56 Å². The minimum absolute atomic E-state index is 0.0698. The number of nitrogens with one attached hydrogen (secondary N) is 1. The Morgan fingerprint density at radius 2 is 1.90 bits per heavy atom. The zero-order chi connectivity index (χ0) is 20.9. The Kier molecular flexibility index (Phi) is 5.75. The number of ether oxygens (including phenoxy) is 1. The second kappa shape index (κ2) is 8.78. The lowest BCUT2D eigenvalue weighted by Gasteiger charge is -2.04. The number of aryl methyl sites for hydroxylation is 1. The van der Waals surface area contributed by atoms with Gasteiger partial charge < -0.3 is 10.1 Å². The average Bonchev–Trinajstić information content (AvgIpc) is 3.20. The van der Waals surface area contributed by atoms with Gasteiger partial charge in [-0.05, 0) is 29.8 Å². The number of carbonyl (C=O) groups is 1. The Morgan fingerprint density at radius 1 is 1.10 bits per heavy atom. The standard InChI is InChI=1S/C20H18N6O3S/c1-29-14-8-6-13(7-9-14)12-18-23-24-20(30-18)21-17(27)10-11-26-19(28)15-4-2-3-5-16(15)22-25-26/h2-9H,10-12H2,1H3,(H,21,24,27). The number of benzene rings is 2. The summed E-state index contributed by atoms with van der Waals surface area (Å²) >= 11 is 1.31. The highest BCUT2D eigenvalue weighted by Crippen LogP contribution is 2.20. The summed E-state index contributed by atoms with van der Waals surface area (Å²) in [6, 6.07) is 14.7. The molecule has 30 heavy (non-hydrogen) atoms. The summed E-state index contributed by atoms with van der Waals surface area (Å²) in [5.74, 6) is 0.517. The highest BCUT2D eigenvalue weighted by atomic mass is 32.1. The van der Waals surface area contributed by atoms with Crippen LogP contribution >= 0.6 is 11.3 Å². The molecule has 0 aliphatic carbocycles. The largest absolute Gasteiger partial charge is 0.497 e. The Bertz CT molecular complexity index is 1240. The fourth-order valence-corrected chi connectivity index (χ4v) is 3.64. The lowest BCUT2D eigenvalue weighted by molar-refractivity contribution is -0.116. The maximum absolute atomic E-state index is 12.4. The third-order valence-corrected chi connectivity index (χ3v) is 5.25. The van der Waals surface area contributed by atoms with E-state index in [2.05, 4.69) is 25.8 Å². The van der Waals surface area contributed by atoms with E-state index in [-0.39, 0.29) is 24.4 Å². The molecule has 10 heteroatoms. The number of anilines is 1. The van der Waals surface area contributed by atoms with Crippen molar-refractivity contribution in [3.63, 3.8) is 0 Å². The molecule has 0 saturated carbocycles. The normalized spacial score (nSPS) is 10.8. The third-order valence-electron chi connectivity index (χ3n) is 4.41. The monoisotopic (exact) mass is 422 g/mol. The van der Waals surface area contributed by atoms with Crippen molar-refractivity contribution in [3.05, 3.63) is 69.5 Å². The van der Waals surface area contributed by atoms with Crippen LogP contribution in [-0.4, -0.2) is 38.2 Å². The molecule has 4 aromatic rings. The van der Waals surface area contributed by atoms with Gasteiger partial charge in [-0.2, -0.15) is 0 Å². The summed E-state index contributed by atoms with van der Waals surface area (Å²) in [5.41, 5.74) is 1.33. The molecule has 2 aromatic carbocycles. The molecule has 0 radical (unpaired) electrons. The van der Waals surface area contributed by atoms with Gasteiger partial charge in [0, 0.05) is 12.8 Å². The van der Waals surface area contributed by atoms with E-state index in [1.807, 2.05) is 24.3 Å². The number of carbonyl (C=O) groups excluding carboxylic acids is 1. The van der Waals surface area contributed by atoms with Crippen molar-refractivity contribution in [1.82, 2.24) is 25.2 Å². The quantitative estimate of drug-likeness (QED) is 0.486. The fourth-order valence-electron chi connectivity index (χ4n) is 2.85. The Labute approximate surface area is 175 Å². The van der Waals surface area contributed by atoms with Crippen molar-refractivity contribution in [2.45, 2.75) is 19.4 Å². The molecule has 0 unspecified atom stereocenters. The van der Waals surface area contributed by atoms with Crippen LogP contribution in [0.15, 0.2) is 53.3 Å². The molecule has 152 valence electrons. The summed E-state index contributed by atoms with van der Waals surface area (Å²) < 4.78 is 6.34. The smallest absolute Gasteiger partial charge is 0.277 e. The molecule has 1 amide bonds. The van der Waals surface area contributed by atoms with E-state index in [0.29, 0.717) is 22.5 Å². The van der Waals surface area contributed by atoms with Gasteiger partial charge in [-0.3, -0.25) is 9.59 Å². The molecule has 0 aliphatic heterocycles. The van der Waals surface area contributed by atoms with Crippen molar-refractivity contribution in [2.75, 3.05) is 12.4 Å². The molecule has 2 heterocycles. The van der Waals surface area contributed by atoms with Gasteiger partial charge in [0.05, 0.1) is 19.0 Å². The minimum atomic E-state index is -0.274. The molecular weight excluding hydrogens is 404 g/mol. The lowest BCUT2D eigenvalue weighted by Crippen LogP contribution is -2.26. The van der Waals surface area contributed by atoms with Gasteiger partial charge in [-0.1, -0.05) is 40.8 Å². The van der Waals surface area contributed by atoms with E-state index in [4.69, 9.17) is 4.74 Å². The van der Waals surface area contributed by atoms with Crippen LogP contribution in [0.3, 0.4) is 0 Å². The first kappa shape index (κ1) is 19.6. The van der Waals surface area contributed by atoms with Crippen LogP contribution in [-0.2, 0) is 17.8 Å². The van der Waals surface area contributed by atoms with Crippen molar-refractivity contribution >= 4 is 33.3 Å². The highest BCUT2D eigenvalue weighted by Gasteiger charge is 2.11. The summed E-state index contributed by atoms with van der Waals surface area (Å²) in [6.07, 6.45) is 0.680. The molecule has 9 nitrogen and oxygen atoms in total.